The molecule has 2 N–H and O–H groups in total. The van der Waals surface area contributed by atoms with Gasteiger partial charge in [0, 0.05) is 50.8 Å². The van der Waals surface area contributed by atoms with Gasteiger partial charge in [0.25, 0.3) is 0 Å². The van der Waals surface area contributed by atoms with Crippen LogP contribution in [0, 0.1) is 0 Å². The third-order valence-corrected chi connectivity index (χ3v) is 7.26. The van der Waals surface area contributed by atoms with Crippen LogP contribution in [0.1, 0.15) is 0 Å². The van der Waals surface area contributed by atoms with E-state index in [2.05, 4.69) is 25.0 Å². The Hall–Kier alpha value is -4.27. The lowest BCUT2D eigenvalue weighted by atomic mass is 10.2. The highest BCUT2D eigenvalue weighted by Crippen LogP contribution is 2.34. The molecular weight excluding hydrogens is 534 g/mol. The SMILES string of the molecule is COc1cc(NS(C)(=O)=O)ccc1-n1nc(NCCN2CCOCC2)c2cnc(-c3cnn4cccnc34)cc21. The van der Waals surface area contributed by atoms with Gasteiger partial charge in [-0.2, -0.15) is 5.10 Å². The standard InChI is InChI=1S/C26H29N9O4S/c1-38-24-14-18(32-40(2,36)37)4-5-22(24)35-23-15-21(19-17-30-34-8-3-6-28-26(19)34)29-16-20(23)25(31-35)27-7-9-33-10-12-39-13-11-33/h3-6,8,14-17,32H,7,9-13H2,1-2H3,(H,27,31). The maximum Gasteiger partial charge on any atom is 0.229 e. The first-order valence-corrected chi connectivity index (χ1v) is 14.7. The van der Waals surface area contributed by atoms with Gasteiger partial charge in [-0.15, -0.1) is 5.10 Å². The summed E-state index contributed by atoms with van der Waals surface area (Å²) in [6, 6.07) is 8.84. The van der Waals surface area contributed by atoms with Gasteiger partial charge >= 0.3 is 0 Å². The van der Waals surface area contributed by atoms with Crippen molar-refractivity contribution in [1.29, 1.82) is 0 Å². The molecule has 13 nitrogen and oxygen atoms in total. The van der Waals surface area contributed by atoms with Crippen LogP contribution >= 0.6 is 0 Å². The summed E-state index contributed by atoms with van der Waals surface area (Å²) in [4.78, 5) is 11.6. The number of fused-ring (bicyclic) bond motifs is 2. The zero-order valence-electron chi connectivity index (χ0n) is 22.1. The highest BCUT2D eigenvalue weighted by atomic mass is 32.2. The first-order valence-electron chi connectivity index (χ1n) is 12.8. The summed E-state index contributed by atoms with van der Waals surface area (Å²) in [5.41, 5.74) is 3.99. The molecule has 0 amide bonds. The molecular formula is C26H29N9O4S. The van der Waals surface area contributed by atoms with Crippen molar-refractivity contribution in [3.63, 3.8) is 0 Å². The van der Waals surface area contributed by atoms with Crippen LogP contribution in [0.3, 0.4) is 0 Å². The molecule has 0 atom stereocenters. The maximum atomic E-state index is 11.8. The number of morpholine rings is 1. The lowest BCUT2D eigenvalue weighted by Crippen LogP contribution is -2.39. The number of hydrogen-bond donors (Lipinski definition) is 2. The van der Waals surface area contributed by atoms with E-state index < -0.39 is 10.0 Å². The Morgan fingerprint density at radius 2 is 1.98 bits per heavy atom. The molecule has 0 bridgehead atoms. The van der Waals surface area contributed by atoms with E-state index in [1.807, 2.05) is 18.3 Å². The Bertz CT molecular complexity index is 1780. The molecule has 5 aromatic rings. The van der Waals surface area contributed by atoms with Crippen molar-refractivity contribution in [1.82, 2.24) is 34.3 Å². The normalized spacial score (nSPS) is 14.6. The Kier molecular flexibility index (Phi) is 6.96. The predicted octanol–water partition coefficient (Wildman–Crippen LogP) is 2.25. The summed E-state index contributed by atoms with van der Waals surface area (Å²) < 4.78 is 40.7. The summed E-state index contributed by atoms with van der Waals surface area (Å²) in [5.74, 6) is 1.13. The Labute approximate surface area is 230 Å². The van der Waals surface area contributed by atoms with Crippen LogP contribution in [0.25, 0.3) is 33.5 Å². The van der Waals surface area contributed by atoms with Crippen LogP contribution in [0.5, 0.6) is 5.75 Å². The van der Waals surface area contributed by atoms with Crippen LogP contribution in [0.15, 0.2) is 55.1 Å². The van der Waals surface area contributed by atoms with Crippen molar-refractivity contribution < 1.29 is 17.9 Å². The lowest BCUT2D eigenvalue weighted by molar-refractivity contribution is 0.0398. The second kappa shape index (κ2) is 10.7. The van der Waals surface area contributed by atoms with Gasteiger partial charge in [-0.3, -0.25) is 14.6 Å². The van der Waals surface area contributed by atoms with Gasteiger partial charge in [0.05, 0.1) is 60.6 Å². The third-order valence-electron chi connectivity index (χ3n) is 6.66. The number of nitrogens with zero attached hydrogens (tertiary/aromatic N) is 7. The summed E-state index contributed by atoms with van der Waals surface area (Å²) >= 11 is 0. The average molecular weight is 564 g/mol. The molecule has 6 rings (SSSR count). The van der Waals surface area contributed by atoms with Gasteiger partial charge in [-0.25, -0.2) is 22.6 Å². The Balaban J connectivity index is 1.42. The number of sulfonamides is 1. The number of hydrogen-bond acceptors (Lipinski definition) is 10. The van der Waals surface area contributed by atoms with Crippen LogP contribution in [-0.2, 0) is 14.8 Å². The molecule has 1 aliphatic heterocycles. The molecule has 1 saturated heterocycles. The first kappa shape index (κ1) is 26.0. The van der Waals surface area contributed by atoms with E-state index in [0.29, 0.717) is 40.8 Å². The van der Waals surface area contributed by atoms with Crippen LogP contribution in [0.4, 0.5) is 11.5 Å². The number of benzene rings is 1. The summed E-state index contributed by atoms with van der Waals surface area (Å²) in [6.45, 7) is 4.84. The predicted molar refractivity (Wildman–Crippen MR) is 152 cm³/mol. The van der Waals surface area contributed by atoms with Gasteiger partial charge in [0.1, 0.15) is 11.4 Å². The van der Waals surface area contributed by atoms with E-state index in [-0.39, 0.29) is 0 Å². The van der Waals surface area contributed by atoms with Gasteiger partial charge in [0.15, 0.2) is 11.5 Å². The molecule has 14 heteroatoms. The second-order valence-electron chi connectivity index (χ2n) is 9.43. The Morgan fingerprint density at radius 1 is 1.12 bits per heavy atom. The lowest BCUT2D eigenvalue weighted by Gasteiger charge is -2.26. The minimum absolute atomic E-state index is 0.392. The van der Waals surface area contributed by atoms with E-state index in [4.69, 9.17) is 19.6 Å². The van der Waals surface area contributed by atoms with E-state index in [1.165, 1.54) is 7.11 Å². The molecule has 0 aliphatic carbocycles. The van der Waals surface area contributed by atoms with Crippen molar-refractivity contribution in [2.45, 2.75) is 0 Å². The van der Waals surface area contributed by atoms with Gasteiger partial charge in [-0.1, -0.05) is 0 Å². The summed E-state index contributed by atoms with van der Waals surface area (Å²) in [7, 11) is -1.91. The van der Waals surface area contributed by atoms with Crippen molar-refractivity contribution in [3.05, 3.63) is 55.1 Å². The number of aromatic nitrogens is 6. The molecule has 40 heavy (non-hydrogen) atoms. The van der Waals surface area contributed by atoms with Crippen molar-refractivity contribution in [2.75, 3.05) is 62.8 Å². The zero-order chi connectivity index (χ0) is 27.7. The molecule has 0 unspecified atom stereocenters. The highest BCUT2D eigenvalue weighted by Gasteiger charge is 2.19. The quantitative estimate of drug-likeness (QED) is 0.274. The molecule has 0 radical (unpaired) electrons. The zero-order valence-corrected chi connectivity index (χ0v) is 22.9. The molecule has 1 aliphatic rings. The minimum Gasteiger partial charge on any atom is -0.494 e. The third kappa shape index (κ3) is 5.28. The molecule has 4 aromatic heterocycles. The summed E-state index contributed by atoms with van der Waals surface area (Å²) in [6.07, 6.45) is 8.19. The number of nitrogens with one attached hydrogen (secondary N) is 2. The van der Waals surface area contributed by atoms with Gasteiger partial charge < -0.3 is 14.8 Å². The van der Waals surface area contributed by atoms with Crippen LogP contribution < -0.4 is 14.8 Å². The fourth-order valence-electron chi connectivity index (χ4n) is 4.77. The number of anilines is 2. The molecule has 208 valence electrons. The van der Waals surface area contributed by atoms with Gasteiger partial charge in [0.2, 0.25) is 10.0 Å². The molecule has 0 saturated carbocycles. The van der Waals surface area contributed by atoms with Crippen LogP contribution in [0.2, 0.25) is 0 Å². The number of ether oxygens (including phenoxy) is 2. The fraction of sp³-hybridized carbons (Fsp3) is 0.308. The number of methoxy groups -OCH3 is 1. The average Bonchev–Trinajstić information content (AvgIpc) is 3.54. The Morgan fingerprint density at radius 3 is 2.77 bits per heavy atom. The van der Waals surface area contributed by atoms with Crippen molar-refractivity contribution >= 4 is 38.1 Å². The van der Waals surface area contributed by atoms with E-state index in [9.17, 15) is 8.42 Å². The maximum absolute atomic E-state index is 11.8. The molecule has 1 fully saturated rings. The summed E-state index contributed by atoms with van der Waals surface area (Å²) in [5, 5.41) is 13.6. The van der Waals surface area contributed by atoms with E-state index >= 15 is 0 Å². The number of rotatable bonds is 9. The fourth-order valence-corrected chi connectivity index (χ4v) is 5.32. The molecule has 0 spiro atoms. The topological polar surface area (TPSA) is 141 Å². The monoisotopic (exact) mass is 563 g/mol. The minimum atomic E-state index is -3.45. The van der Waals surface area contributed by atoms with Crippen LogP contribution in [-0.4, -0.2) is 95.4 Å². The number of pyridine rings is 1. The smallest absolute Gasteiger partial charge is 0.229 e. The largest absolute Gasteiger partial charge is 0.494 e. The van der Waals surface area contributed by atoms with Crippen molar-refractivity contribution in [2.24, 2.45) is 0 Å². The van der Waals surface area contributed by atoms with E-state index in [1.54, 1.807) is 46.0 Å². The van der Waals surface area contributed by atoms with Gasteiger partial charge in [-0.05, 0) is 24.3 Å². The van der Waals surface area contributed by atoms with E-state index in [0.717, 1.165) is 55.6 Å². The molecule has 5 heterocycles. The van der Waals surface area contributed by atoms with Crippen molar-refractivity contribution in [3.8, 4) is 22.7 Å². The second-order valence-corrected chi connectivity index (χ2v) is 11.2. The molecule has 1 aromatic carbocycles. The highest BCUT2D eigenvalue weighted by molar-refractivity contribution is 7.92. The first-order chi connectivity index (χ1) is 19.4.